The Bertz CT molecular complexity index is 1230. The predicted octanol–water partition coefficient (Wildman–Crippen LogP) is 5.47. The molecule has 0 radical (unpaired) electrons. The number of hydrogen-bond acceptors (Lipinski definition) is 5. The summed E-state index contributed by atoms with van der Waals surface area (Å²) in [6, 6.07) is 6.24. The molecule has 0 aliphatic carbocycles. The van der Waals surface area contributed by atoms with E-state index < -0.39 is 17.5 Å². The first-order chi connectivity index (χ1) is 16.2. The zero-order valence-corrected chi connectivity index (χ0v) is 21.2. The zero-order chi connectivity index (χ0) is 24.8. The molecule has 0 aliphatic heterocycles. The van der Waals surface area contributed by atoms with E-state index >= 15 is 0 Å². The van der Waals surface area contributed by atoms with Crippen LogP contribution >= 0.6 is 50.9 Å². The van der Waals surface area contributed by atoms with Gasteiger partial charge in [0.05, 0.1) is 28.0 Å². The number of carbonyl (C=O) groups is 2. The molecule has 3 rings (SSSR count). The monoisotopic (exact) mass is 589 g/mol. The Morgan fingerprint density at radius 2 is 1.94 bits per heavy atom. The van der Waals surface area contributed by atoms with Crippen molar-refractivity contribution >= 4 is 68.4 Å². The smallest absolute Gasteiger partial charge is 0.251 e. The molecule has 0 aliphatic rings. The molecule has 0 saturated heterocycles. The highest BCUT2D eigenvalue weighted by Gasteiger charge is 2.17. The molecule has 2 N–H and O–H groups in total. The summed E-state index contributed by atoms with van der Waals surface area (Å²) < 4.78 is 28.9. The molecule has 0 spiro atoms. The lowest BCUT2D eigenvalue weighted by Gasteiger charge is -2.10. The molecule has 0 fully saturated rings. The van der Waals surface area contributed by atoms with Gasteiger partial charge in [-0.25, -0.2) is 8.78 Å². The molecule has 1 aromatic heterocycles. The van der Waals surface area contributed by atoms with Crippen molar-refractivity contribution in [3.05, 3.63) is 80.5 Å². The van der Waals surface area contributed by atoms with Crippen LogP contribution in [0.25, 0.3) is 0 Å². The molecule has 0 saturated carbocycles. The number of amides is 2. The molecule has 0 atom stereocenters. The van der Waals surface area contributed by atoms with Crippen LogP contribution in [-0.4, -0.2) is 32.3 Å². The fraction of sp³-hybridized carbons (Fsp3) is 0.143. The number of aromatic nitrogens is 3. The highest BCUT2D eigenvalue weighted by molar-refractivity contribution is 9.10. The minimum atomic E-state index is -0.903. The number of thioether (sulfide) groups is 1. The topological polar surface area (TPSA) is 88.9 Å². The second kappa shape index (κ2) is 11.8. The third-order valence-electron chi connectivity index (χ3n) is 4.30. The normalized spacial score (nSPS) is 10.7. The van der Waals surface area contributed by atoms with Crippen LogP contribution in [0.3, 0.4) is 0 Å². The number of benzene rings is 2. The molecule has 34 heavy (non-hydrogen) atoms. The summed E-state index contributed by atoms with van der Waals surface area (Å²) in [5, 5.41) is 14.2. The Kier molecular flexibility index (Phi) is 9.06. The van der Waals surface area contributed by atoms with Gasteiger partial charge in [0.25, 0.3) is 5.91 Å². The summed E-state index contributed by atoms with van der Waals surface area (Å²) in [5.41, 5.74) is 0.167. The van der Waals surface area contributed by atoms with E-state index in [2.05, 4.69) is 43.3 Å². The highest BCUT2D eigenvalue weighted by atomic mass is 79.9. The van der Waals surface area contributed by atoms with E-state index in [1.165, 1.54) is 12.1 Å². The number of halogens is 5. The molecule has 178 valence electrons. The minimum Gasteiger partial charge on any atom is -0.345 e. The van der Waals surface area contributed by atoms with Crippen LogP contribution in [0.2, 0.25) is 10.0 Å². The van der Waals surface area contributed by atoms with Crippen LogP contribution in [0.15, 0.2) is 52.6 Å². The lowest BCUT2D eigenvalue weighted by Crippen LogP contribution is -2.25. The second-order valence-corrected chi connectivity index (χ2v) is 9.30. The van der Waals surface area contributed by atoms with Crippen molar-refractivity contribution in [1.29, 1.82) is 0 Å². The third kappa shape index (κ3) is 6.56. The Labute approximate surface area is 216 Å². The van der Waals surface area contributed by atoms with Crippen LogP contribution in [0.4, 0.5) is 14.5 Å². The van der Waals surface area contributed by atoms with Gasteiger partial charge in [0, 0.05) is 22.6 Å². The van der Waals surface area contributed by atoms with E-state index in [4.69, 9.17) is 23.2 Å². The maximum atomic E-state index is 13.9. The standard InChI is InChI=1S/C21H16BrCl2F2N5O2S/c1-2-5-31-17(9-27-20(33)11-3-4-14(23)15(24)6-11)29-30-21(31)34-10-18(32)28-19-13(22)7-12(25)8-16(19)26/h2-4,6-8H,1,5,9-10H2,(H,27,33)(H,28,32). The van der Waals surface area contributed by atoms with Crippen LogP contribution in [0, 0.1) is 11.6 Å². The number of anilines is 1. The Morgan fingerprint density at radius 3 is 2.62 bits per heavy atom. The van der Waals surface area contributed by atoms with E-state index in [0.29, 0.717) is 34.2 Å². The molecule has 0 bridgehead atoms. The van der Waals surface area contributed by atoms with Crippen LogP contribution in [0.5, 0.6) is 0 Å². The molecule has 13 heteroatoms. The lowest BCUT2D eigenvalue weighted by molar-refractivity contribution is -0.113. The highest BCUT2D eigenvalue weighted by Crippen LogP contribution is 2.27. The van der Waals surface area contributed by atoms with E-state index in [1.807, 2.05) is 0 Å². The van der Waals surface area contributed by atoms with Gasteiger partial charge in [-0.3, -0.25) is 9.59 Å². The van der Waals surface area contributed by atoms with E-state index in [-0.39, 0.29) is 33.4 Å². The minimum absolute atomic E-state index is 0.0560. The SMILES string of the molecule is C=CCn1c(CNC(=O)c2ccc(Cl)c(Cl)c2)nnc1SCC(=O)Nc1c(F)cc(F)cc1Br. The molecule has 2 aromatic carbocycles. The molecule has 7 nitrogen and oxygen atoms in total. The average molecular weight is 591 g/mol. The molecular formula is C21H16BrCl2F2N5O2S. The number of nitrogens with zero attached hydrogens (tertiary/aromatic N) is 3. The average Bonchev–Trinajstić information content (AvgIpc) is 3.16. The second-order valence-electron chi connectivity index (χ2n) is 6.69. The summed E-state index contributed by atoms with van der Waals surface area (Å²) in [5.74, 6) is -2.27. The predicted molar refractivity (Wildman–Crippen MR) is 131 cm³/mol. The number of carbonyl (C=O) groups excluding carboxylic acids is 2. The van der Waals surface area contributed by atoms with Crippen molar-refractivity contribution in [3.63, 3.8) is 0 Å². The van der Waals surface area contributed by atoms with Gasteiger partial charge in [0.15, 0.2) is 16.8 Å². The van der Waals surface area contributed by atoms with E-state index in [0.717, 1.165) is 17.8 Å². The van der Waals surface area contributed by atoms with E-state index in [1.54, 1.807) is 16.7 Å². The van der Waals surface area contributed by atoms with Gasteiger partial charge in [-0.05, 0) is 40.2 Å². The largest absolute Gasteiger partial charge is 0.345 e. The Balaban J connectivity index is 1.64. The van der Waals surface area contributed by atoms with Crippen LogP contribution < -0.4 is 10.6 Å². The zero-order valence-electron chi connectivity index (χ0n) is 17.2. The molecule has 1 heterocycles. The number of allylic oxidation sites excluding steroid dienone is 1. The summed E-state index contributed by atoms with van der Waals surface area (Å²) in [6.07, 6.45) is 1.61. The van der Waals surface area contributed by atoms with Crippen molar-refractivity contribution in [2.45, 2.75) is 18.2 Å². The Morgan fingerprint density at radius 1 is 1.18 bits per heavy atom. The summed E-state index contributed by atoms with van der Waals surface area (Å²) in [7, 11) is 0. The number of rotatable bonds is 9. The van der Waals surface area contributed by atoms with Crippen molar-refractivity contribution in [2.75, 3.05) is 11.1 Å². The maximum Gasteiger partial charge on any atom is 0.251 e. The number of nitrogens with one attached hydrogen (secondary N) is 2. The summed E-state index contributed by atoms with van der Waals surface area (Å²) in [4.78, 5) is 24.7. The van der Waals surface area contributed by atoms with Crippen molar-refractivity contribution < 1.29 is 18.4 Å². The van der Waals surface area contributed by atoms with Gasteiger partial charge in [-0.1, -0.05) is 41.0 Å². The maximum absolute atomic E-state index is 13.9. The van der Waals surface area contributed by atoms with Gasteiger partial charge in [0.1, 0.15) is 5.82 Å². The summed E-state index contributed by atoms with van der Waals surface area (Å²) >= 11 is 15.9. The molecular weight excluding hydrogens is 575 g/mol. The molecule has 3 aromatic rings. The van der Waals surface area contributed by atoms with Gasteiger partial charge >= 0.3 is 0 Å². The van der Waals surface area contributed by atoms with E-state index in [9.17, 15) is 18.4 Å². The quantitative estimate of drug-likeness (QED) is 0.255. The molecule has 0 unspecified atom stereocenters. The van der Waals surface area contributed by atoms with Gasteiger partial charge < -0.3 is 15.2 Å². The lowest BCUT2D eigenvalue weighted by atomic mass is 10.2. The third-order valence-corrected chi connectivity index (χ3v) is 6.63. The Hall–Kier alpha value is -2.47. The number of hydrogen-bond donors (Lipinski definition) is 2. The fourth-order valence-corrected chi connectivity index (χ4v) is 4.31. The fourth-order valence-electron chi connectivity index (χ4n) is 2.73. The van der Waals surface area contributed by atoms with Crippen molar-refractivity contribution in [3.8, 4) is 0 Å². The van der Waals surface area contributed by atoms with Gasteiger partial charge in [-0.15, -0.1) is 16.8 Å². The van der Waals surface area contributed by atoms with Crippen molar-refractivity contribution in [1.82, 2.24) is 20.1 Å². The van der Waals surface area contributed by atoms with Crippen LogP contribution in [-0.2, 0) is 17.9 Å². The van der Waals surface area contributed by atoms with Gasteiger partial charge in [0.2, 0.25) is 5.91 Å². The molecule has 2 amide bonds. The first-order valence-electron chi connectivity index (χ1n) is 9.53. The first kappa shape index (κ1) is 26.1. The van der Waals surface area contributed by atoms with Gasteiger partial charge in [-0.2, -0.15) is 0 Å². The van der Waals surface area contributed by atoms with Crippen LogP contribution in [0.1, 0.15) is 16.2 Å². The first-order valence-corrected chi connectivity index (χ1v) is 12.1. The van der Waals surface area contributed by atoms with Crippen molar-refractivity contribution in [2.24, 2.45) is 0 Å². The summed E-state index contributed by atoms with van der Waals surface area (Å²) in [6.45, 7) is 4.08.